The van der Waals surface area contributed by atoms with Crippen LogP contribution in [-0.2, 0) is 6.18 Å². The quantitative estimate of drug-likeness (QED) is 0.265. The molecule has 0 saturated heterocycles. The Labute approximate surface area is 161 Å². The molecule has 0 aliphatic carbocycles. The fraction of sp³-hybridized carbons (Fsp3) is 0.238. The highest BCUT2D eigenvalue weighted by Crippen LogP contribution is 2.30. The Hall–Kier alpha value is -3.09. The van der Waals surface area contributed by atoms with Crippen LogP contribution in [0.5, 0.6) is 0 Å². The topological polar surface area (TPSA) is 43.9 Å². The zero-order valence-corrected chi connectivity index (χ0v) is 15.7. The molecule has 3 rings (SSSR count). The molecule has 146 valence electrons. The van der Waals surface area contributed by atoms with Crippen molar-refractivity contribution in [2.24, 2.45) is 0 Å². The van der Waals surface area contributed by atoms with E-state index in [1.807, 2.05) is 45.0 Å². The summed E-state index contributed by atoms with van der Waals surface area (Å²) in [4.78, 5) is 0. The first-order chi connectivity index (χ1) is 13.0. The molecular weight excluding hydrogens is 367 g/mol. The molecule has 0 bridgehead atoms. The van der Waals surface area contributed by atoms with Crippen molar-refractivity contribution in [3.05, 3.63) is 77.3 Å². The molecule has 1 heterocycles. The largest absolute Gasteiger partial charge is 0.623 e. The predicted octanol–water partition coefficient (Wildman–Crippen LogP) is 5.29. The van der Waals surface area contributed by atoms with E-state index in [0.29, 0.717) is 5.69 Å². The lowest BCUT2D eigenvalue weighted by Crippen LogP contribution is -2.29. The standard InChI is InChI=1S/C21H20F3N3O/c1-20(2,3)27(28)13-15-5-4-6-16(11-15)17-12-25-26(14-17)19-9-7-18(8-10-19)21(22,23)24/h4-14H,1-3H3/b27-13-. The van der Waals surface area contributed by atoms with Crippen molar-refractivity contribution in [3.8, 4) is 16.8 Å². The number of rotatable bonds is 3. The lowest BCUT2D eigenvalue weighted by Gasteiger charge is -2.18. The first kappa shape index (κ1) is 19.7. The van der Waals surface area contributed by atoms with Crippen LogP contribution >= 0.6 is 0 Å². The van der Waals surface area contributed by atoms with Gasteiger partial charge in [-0.1, -0.05) is 12.1 Å². The first-order valence-electron chi connectivity index (χ1n) is 8.68. The van der Waals surface area contributed by atoms with E-state index in [1.54, 1.807) is 12.4 Å². The second kappa shape index (κ2) is 7.14. The second-order valence-electron chi connectivity index (χ2n) is 7.47. The third kappa shape index (κ3) is 4.42. The molecule has 1 aromatic heterocycles. The summed E-state index contributed by atoms with van der Waals surface area (Å²) in [5.41, 5.74) is 1.69. The third-order valence-corrected chi connectivity index (χ3v) is 4.19. The maximum absolute atomic E-state index is 12.7. The van der Waals surface area contributed by atoms with Crippen LogP contribution in [0, 0.1) is 5.21 Å². The minimum absolute atomic E-state index is 0.528. The normalized spacial score (nSPS) is 13.0. The van der Waals surface area contributed by atoms with E-state index in [0.717, 1.165) is 33.6 Å². The molecule has 0 spiro atoms. The molecule has 28 heavy (non-hydrogen) atoms. The molecule has 0 saturated carbocycles. The SMILES string of the molecule is CC(C)(C)/[N+]([O-])=C/c1cccc(-c2cnn(-c3ccc(C(F)(F)F)cc3)c2)c1. The molecule has 0 aliphatic heterocycles. The van der Waals surface area contributed by atoms with Crippen molar-refractivity contribution in [2.75, 3.05) is 0 Å². The van der Waals surface area contributed by atoms with E-state index >= 15 is 0 Å². The van der Waals surface area contributed by atoms with Gasteiger partial charge in [-0.2, -0.15) is 18.3 Å². The van der Waals surface area contributed by atoms with Gasteiger partial charge in [-0.3, -0.25) is 0 Å². The fourth-order valence-corrected chi connectivity index (χ4v) is 2.54. The van der Waals surface area contributed by atoms with Gasteiger partial charge in [0.05, 0.1) is 17.4 Å². The van der Waals surface area contributed by atoms with Crippen molar-refractivity contribution in [3.63, 3.8) is 0 Å². The number of hydrogen-bond acceptors (Lipinski definition) is 2. The molecule has 0 unspecified atom stereocenters. The van der Waals surface area contributed by atoms with E-state index in [4.69, 9.17) is 0 Å². The predicted molar refractivity (Wildman–Crippen MR) is 103 cm³/mol. The first-order valence-corrected chi connectivity index (χ1v) is 8.68. The number of hydroxylamine groups is 1. The molecule has 0 radical (unpaired) electrons. The molecule has 0 atom stereocenters. The lowest BCUT2D eigenvalue weighted by atomic mass is 10.1. The van der Waals surface area contributed by atoms with Crippen LogP contribution in [0.2, 0.25) is 0 Å². The van der Waals surface area contributed by atoms with Crippen molar-refractivity contribution < 1.29 is 17.9 Å². The fourth-order valence-electron chi connectivity index (χ4n) is 2.54. The van der Waals surface area contributed by atoms with Crippen LogP contribution in [0.25, 0.3) is 16.8 Å². The zero-order valence-electron chi connectivity index (χ0n) is 15.7. The third-order valence-electron chi connectivity index (χ3n) is 4.19. The molecule has 0 fully saturated rings. The minimum Gasteiger partial charge on any atom is -0.623 e. The van der Waals surface area contributed by atoms with Gasteiger partial charge < -0.3 is 5.21 Å². The van der Waals surface area contributed by atoms with Crippen molar-refractivity contribution in [1.29, 1.82) is 0 Å². The molecule has 4 nitrogen and oxygen atoms in total. The molecular formula is C21H20F3N3O. The zero-order chi connectivity index (χ0) is 20.5. The van der Waals surface area contributed by atoms with E-state index in [9.17, 15) is 18.4 Å². The Kier molecular flexibility index (Phi) is 5.02. The molecule has 0 amide bonds. The van der Waals surface area contributed by atoms with Crippen molar-refractivity contribution in [1.82, 2.24) is 9.78 Å². The maximum Gasteiger partial charge on any atom is 0.416 e. The molecule has 2 aromatic carbocycles. The summed E-state index contributed by atoms with van der Waals surface area (Å²) >= 11 is 0. The van der Waals surface area contributed by atoms with Crippen LogP contribution in [0.4, 0.5) is 13.2 Å². The van der Waals surface area contributed by atoms with Gasteiger partial charge in [-0.05, 0) is 42.0 Å². The maximum atomic E-state index is 12.7. The van der Waals surface area contributed by atoms with Gasteiger partial charge >= 0.3 is 6.18 Å². The van der Waals surface area contributed by atoms with E-state index < -0.39 is 17.3 Å². The summed E-state index contributed by atoms with van der Waals surface area (Å²) < 4.78 is 40.5. The molecule has 0 aliphatic rings. The van der Waals surface area contributed by atoms with Crippen molar-refractivity contribution in [2.45, 2.75) is 32.5 Å². The summed E-state index contributed by atoms with van der Waals surface area (Å²) in [6, 6.07) is 12.2. The van der Waals surface area contributed by atoms with E-state index in [2.05, 4.69) is 5.10 Å². The molecule has 0 N–H and O–H groups in total. The van der Waals surface area contributed by atoms with E-state index in [-0.39, 0.29) is 0 Å². The Morgan fingerprint density at radius 1 is 1.00 bits per heavy atom. The van der Waals surface area contributed by atoms with E-state index in [1.165, 1.54) is 23.0 Å². The number of hydrogen-bond donors (Lipinski definition) is 0. The highest BCUT2D eigenvalue weighted by molar-refractivity contribution is 5.79. The van der Waals surface area contributed by atoms with Crippen LogP contribution in [0.3, 0.4) is 0 Å². The Balaban J connectivity index is 1.87. The minimum atomic E-state index is -4.37. The van der Waals surface area contributed by atoms with Gasteiger partial charge in [0.15, 0.2) is 11.8 Å². The number of nitrogens with zero attached hydrogens (tertiary/aromatic N) is 3. The van der Waals surface area contributed by atoms with Crippen molar-refractivity contribution >= 4 is 6.21 Å². The smallest absolute Gasteiger partial charge is 0.416 e. The average Bonchev–Trinajstić information content (AvgIpc) is 3.11. The average molecular weight is 387 g/mol. The lowest BCUT2D eigenvalue weighted by molar-refractivity contribution is -0.530. The van der Waals surface area contributed by atoms with Gasteiger partial charge in [0.2, 0.25) is 0 Å². The van der Waals surface area contributed by atoms with Crippen LogP contribution in [-0.4, -0.2) is 26.3 Å². The highest BCUT2D eigenvalue weighted by atomic mass is 19.4. The monoisotopic (exact) mass is 387 g/mol. The van der Waals surface area contributed by atoms with Gasteiger partial charge in [0, 0.05) is 38.1 Å². The number of aromatic nitrogens is 2. The second-order valence-corrected chi connectivity index (χ2v) is 7.47. The summed E-state index contributed by atoms with van der Waals surface area (Å²) in [6.45, 7) is 5.48. The van der Waals surface area contributed by atoms with Crippen LogP contribution in [0.1, 0.15) is 31.9 Å². The van der Waals surface area contributed by atoms with Gasteiger partial charge in [-0.25, -0.2) is 9.42 Å². The number of benzene rings is 2. The summed E-state index contributed by atoms with van der Waals surface area (Å²) in [5, 5.41) is 16.4. The summed E-state index contributed by atoms with van der Waals surface area (Å²) in [6.07, 6.45) is 0.535. The van der Waals surface area contributed by atoms with Gasteiger partial charge in [0.1, 0.15) is 0 Å². The van der Waals surface area contributed by atoms with Gasteiger partial charge in [-0.15, -0.1) is 0 Å². The summed E-state index contributed by atoms with van der Waals surface area (Å²) in [5.74, 6) is 0. The molecule has 7 heteroatoms. The van der Waals surface area contributed by atoms with Crippen LogP contribution < -0.4 is 0 Å². The number of halogens is 3. The Morgan fingerprint density at radius 3 is 2.29 bits per heavy atom. The molecule has 3 aromatic rings. The Bertz CT molecular complexity index is 997. The summed E-state index contributed by atoms with van der Waals surface area (Å²) in [7, 11) is 0. The number of alkyl halides is 3. The Morgan fingerprint density at radius 2 is 1.68 bits per heavy atom. The van der Waals surface area contributed by atoms with Gasteiger partial charge in [0.25, 0.3) is 0 Å². The van der Waals surface area contributed by atoms with Crippen LogP contribution in [0.15, 0.2) is 60.9 Å². The highest BCUT2D eigenvalue weighted by Gasteiger charge is 2.30.